The number of fused-ring (bicyclic) bond motifs is 1. The molecule has 0 saturated heterocycles. The number of carboxylic acid groups (broad SMARTS) is 1. The fourth-order valence-corrected chi connectivity index (χ4v) is 3.76. The number of hydrogen-bond acceptors (Lipinski definition) is 4. The minimum atomic E-state index is -1.02. The van der Waals surface area contributed by atoms with E-state index in [1.807, 2.05) is 6.92 Å². The number of carbonyl (C=O) groups is 2. The van der Waals surface area contributed by atoms with Crippen LogP contribution in [0.1, 0.15) is 46.9 Å². The largest absolute Gasteiger partial charge is 0.480 e. The summed E-state index contributed by atoms with van der Waals surface area (Å²) in [5.41, 5.74) is 8.33. The molecule has 2 aromatic carbocycles. The number of carboxylic acids is 1. The number of aliphatic carboxylic acids is 1. The smallest absolute Gasteiger partial charge is 0.326 e. The van der Waals surface area contributed by atoms with E-state index in [4.69, 9.17) is 28.9 Å². The van der Waals surface area contributed by atoms with Gasteiger partial charge in [0.25, 0.3) is 5.91 Å². The highest BCUT2D eigenvalue weighted by Crippen LogP contribution is 2.40. The third kappa shape index (κ3) is 4.70. The first-order valence-corrected chi connectivity index (χ1v) is 9.16. The van der Waals surface area contributed by atoms with E-state index >= 15 is 0 Å². The zero-order valence-electron chi connectivity index (χ0n) is 14.9. The van der Waals surface area contributed by atoms with Crippen molar-refractivity contribution in [2.45, 2.75) is 31.5 Å². The summed E-state index contributed by atoms with van der Waals surface area (Å²) in [6, 6.07) is 8.59. The van der Waals surface area contributed by atoms with Crippen molar-refractivity contribution in [1.29, 1.82) is 0 Å². The Morgan fingerprint density at radius 1 is 1.25 bits per heavy atom. The van der Waals surface area contributed by atoms with E-state index in [9.17, 15) is 14.7 Å². The number of amides is 1. The van der Waals surface area contributed by atoms with E-state index in [-0.39, 0.29) is 30.8 Å². The third-order valence-corrected chi connectivity index (χ3v) is 5.08. The molecule has 150 valence electrons. The topological polar surface area (TPSA) is 104 Å². The summed E-state index contributed by atoms with van der Waals surface area (Å²) < 4.78 is 0. The number of nitrogens with one attached hydrogen (secondary N) is 2. The lowest BCUT2D eigenvalue weighted by atomic mass is 9.92. The van der Waals surface area contributed by atoms with Gasteiger partial charge in [-0.3, -0.25) is 4.79 Å². The predicted octanol–water partition coefficient (Wildman–Crippen LogP) is 4.17. The normalized spacial score (nSPS) is 18.9. The molecule has 9 heteroatoms. The molecule has 1 unspecified atom stereocenters. The summed E-state index contributed by atoms with van der Waals surface area (Å²) in [5.74, 6) is -1.34. The van der Waals surface area contributed by atoms with Crippen LogP contribution in [0.3, 0.4) is 0 Å². The van der Waals surface area contributed by atoms with Crippen LogP contribution >= 0.6 is 35.6 Å². The summed E-state index contributed by atoms with van der Waals surface area (Å²) >= 11 is 12.3. The van der Waals surface area contributed by atoms with Crippen molar-refractivity contribution in [2.75, 3.05) is 5.32 Å². The van der Waals surface area contributed by atoms with E-state index in [0.29, 0.717) is 26.9 Å². The molecule has 0 aliphatic carbocycles. The standard InChI is InChI=1S/C19H19Cl2N3O3.ClH/c1-9(22)10-2-4-11(5-3-10)18(25)24-15-8-16(19(26)27)23-14-7-12(20)6-13(21)17(14)15;/h2-7,9,15-16,23H,8,22H2,1H3,(H,24,25)(H,26,27);1H/t9?,15-,16+;/m0./s1. The summed E-state index contributed by atoms with van der Waals surface area (Å²) in [5, 5.41) is 15.9. The first-order chi connectivity index (χ1) is 12.8. The molecule has 0 saturated carbocycles. The highest BCUT2D eigenvalue weighted by molar-refractivity contribution is 6.35. The summed E-state index contributed by atoms with van der Waals surface area (Å²) in [4.78, 5) is 24.2. The molecule has 2 aromatic rings. The Morgan fingerprint density at radius 2 is 1.89 bits per heavy atom. The lowest BCUT2D eigenvalue weighted by Gasteiger charge is -2.32. The number of carbonyl (C=O) groups excluding carboxylic acids is 1. The highest BCUT2D eigenvalue weighted by Gasteiger charge is 2.33. The van der Waals surface area contributed by atoms with Crippen molar-refractivity contribution in [3.63, 3.8) is 0 Å². The fraction of sp³-hybridized carbons (Fsp3) is 0.263. The van der Waals surface area contributed by atoms with Gasteiger partial charge in [0.15, 0.2) is 0 Å². The van der Waals surface area contributed by atoms with E-state index in [1.54, 1.807) is 36.4 Å². The Hall–Kier alpha value is -1.99. The lowest BCUT2D eigenvalue weighted by molar-refractivity contribution is -0.138. The van der Waals surface area contributed by atoms with Gasteiger partial charge in [0, 0.05) is 39.3 Å². The van der Waals surface area contributed by atoms with Gasteiger partial charge in [-0.25, -0.2) is 4.79 Å². The molecule has 1 aliphatic heterocycles. The van der Waals surface area contributed by atoms with Crippen LogP contribution in [0.4, 0.5) is 5.69 Å². The molecule has 3 atom stereocenters. The van der Waals surface area contributed by atoms with E-state index in [0.717, 1.165) is 5.56 Å². The molecule has 0 bridgehead atoms. The molecule has 5 N–H and O–H groups in total. The molecule has 0 aromatic heterocycles. The SMILES string of the molecule is CC(N)c1ccc(C(=O)N[C@H]2C[C@H](C(=O)O)Nc3cc(Cl)cc(Cl)c32)cc1.Cl. The van der Waals surface area contributed by atoms with Crippen molar-refractivity contribution in [3.05, 3.63) is 63.1 Å². The fourth-order valence-electron chi connectivity index (χ4n) is 3.13. The number of rotatable bonds is 4. The number of anilines is 1. The average molecular weight is 445 g/mol. The molecule has 1 heterocycles. The van der Waals surface area contributed by atoms with E-state index in [2.05, 4.69) is 10.6 Å². The molecular weight excluding hydrogens is 425 g/mol. The van der Waals surface area contributed by atoms with Gasteiger partial charge in [-0.15, -0.1) is 12.4 Å². The first kappa shape index (κ1) is 22.3. The third-order valence-electron chi connectivity index (χ3n) is 4.55. The van der Waals surface area contributed by atoms with Gasteiger partial charge in [0.05, 0.1) is 6.04 Å². The first-order valence-electron chi connectivity index (χ1n) is 8.41. The minimum absolute atomic E-state index is 0. The van der Waals surface area contributed by atoms with Gasteiger partial charge in [-0.1, -0.05) is 35.3 Å². The van der Waals surface area contributed by atoms with Crippen molar-refractivity contribution in [1.82, 2.24) is 5.32 Å². The van der Waals surface area contributed by atoms with Gasteiger partial charge in [-0.2, -0.15) is 0 Å². The van der Waals surface area contributed by atoms with Crippen molar-refractivity contribution < 1.29 is 14.7 Å². The average Bonchev–Trinajstić information content (AvgIpc) is 2.60. The monoisotopic (exact) mass is 443 g/mol. The predicted molar refractivity (Wildman–Crippen MR) is 113 cm³/mol. The molecule has 1 aliphatic rings. The maximum absolute atomic E-state index is 12.7. The van der Waals surface area contributed by atoms with Gasteiger partial charge >= 0.3 is 5.97 Å². The van der Waals surface area contributed by atoms with Gasteiger partial charge in [-0.05, 0) is 36.8 Å². The molecule has 3 rings (SSSR count). The molecule has 0 fully saturated rings. The van der Waals surface area contributed by atoms with Crippen LogP contribution in [0.2, 0.25) is 10.0 Å². The number of halogens is 3. The Labute approximate surface area is 178 Å². The van der Waals surface area contributed by atoms with Crippen LogP contribution in [0, 0.1) is 0 Å². The van der Waals surface area contributed by atoms with Crippen LogP contribution in [0.15, 0.2) is 36.4 Å². The molecule has 1 amide bonds. The van der Waals surface area contributed by atoms with Crippen molar-refractivity contribution in [2.24, 2.45) is 5.73 Å². The Kier molecular flexibility index (Phi) is 7.17. The number of nitrogens with two attached hydrogens (primary N) is 1. The van der Waals surface area contributed by atoms with Crippen LogP contribution in [-0.4, -0.2) is 23.0 Å². The number of benzene rings is 2. The zero-order chi connectivity index (χ0) is 19.7. The zero-order valence-corrected chi connectivity index (χ0v) is 17.2. The maximum Gasteiger partial charge on any atom is 0.326 e. The Bertz CT molecular complexity index is 888. The lowest BCUT2D eigenvalue weighted by Crippen LogP contribution is -2.41. The molecule has 28 heavy (non-hydrogen) atoms. The quantitative estimate of drug-likeness (QED) is 0.566. The molecule has 0 radical (unpaired) electrons. The summed E-state index contributed by atoms with van der Waals surface area (Å²) in [6.45, 7) is 1.86. The molecule has 0 spiro atoms. The maximum atomic E-state index is 12.7. The minimum Gasteiger partial charge on any atom is -0.480 e. The highest BCUT2D eigenvalue weighted by atomic mass is 35.5. The summed E-state index contributed by atoms with van der Waals surface area (Å²) in [6.07, 6.45) is 0.160. The van der Waals surface area contributed by atoms with Crippen LogP contribution in [0.5, 0.6) is 0 Å². The van der Waals surface area contributed by atoms with Crippen LogP contribution < -0.4 is 16.4 Å². The Morgan fingerprint density at radius 3 is 2.46 bits per heavy atom. The second-order valence-corrected chi connectivity index (χ2v) is 7.40. The molecular formula is C19H20Cl3N3O3. The van der Waals surface area contributed by atoms with Crippen LogP contribution in [-0.2, 0) is 4.79 Å². The van der Waals surface area contributed by atoms with Gasteiger partial charge in [0.2, 0.25) is 0 Å². The molecule has 6 nitrogen and oxygen atoms in total. The number of hydrogen-bond donors (Lipinski definition) is 4. The van der Waals surface area contributed by atoms with Gasteiger partial charge in [0.1, 0.15) is 6.04 Å². The van der Waals surface area contributed by atoms with Gasteiger partial charge < -0.3 is 21.5 Å². The van der Waals surface area contributed by atoms with Crippen molar-refractivity contribution in [3.8, 4) is 0 Å². The second kappa shape index (κ2) is 9.01. The van der Waals surface area contributed by atoms with E-state index < -0.39 is 18.1 Å². The van der Waals surface area contributed by atoms with Crippen molar-refractivity contribution >= 4 is 53.2 Å². The second-order valence-electron chi connectivity index (χ2n) is 6.56. The van der Waals surface area contributed by atoms with Crippen LogP contribution in [0.25, 0.3) is 0 Å². The summed E-state index contributed by atoms with van der Waals surface area (Å²) in [7, 11) is 0. The Balaban J connectivity index is 0.00000280. The van der Waals surface area contributed by atoms with E-state index in [1.165, 1.54) is 0 Å².